The second-order valence-electron chi connectivity index (χ2n) is 5.71. The van der Waals surface area contributed by atoms with Crippen molar-refractivity contribution >= 4 is 17.7 Å². The maximum atomic E-state index is 12.2. The standard InChI is InChI=1S/C17H22O4S.C3H6O/c1-4-9-20-11-14-10-15(17(19-3)22-14)21-16(18)13-7-5-12(2)6-8-13;1-2-3-4/h4-8,14-15,17H,1,9-11H2,2-3H3;2,4H,1,3H2/t14-,15?,17?;/m0./s1. The first-order valence-electron chi connectivity index (χ1n) is 8.42. The van der Waals surface area contributed by atoms with E-state index in [9.17, 15) is 4.79 Å². The number of aliphatic hydroxyl groups excluding tert-OH is 1. The molecule has 0 aromatic heterocycles. The van der Waals surface area contributed by atoms with Gasteiger partial charge in [-0.3, -0.25) is 0 Å². The Bertz CT molecular complexity index is 558. The fourth-order valence-corrected chi connectivity index (χ4v) is 3.61. The molecule has 1 N–H and O–H groups in total. The highest BCUT2D eigenvalue weighted by molar-refractivity contribution is 8.00. The molecule has 0 saturated carbocycles. The molecule has 144 valence electrons. The molecule has 1 aliphatic rings. The summed E-state index contributed by atoms with van der Waals surface area (Å²) in [6, 6.07) is 7.37. The first-order valence-corrected chi connectivity index (χ1v) is 9.36. The van der Waals surface area contributed by atoms with Gasteiger partial charge < -0.3 is 19.3 Å². The van der Waals surface area contributed by atoms with Crippen LogP contribution in [-0.4, -0.2) is 54.8 Å². The average Bonchev–Trinajstić information content (AvgIpc) is 3.04. The lowest BCUT2D eigenvalue weighted by Crippen LogP contribution is -2.26. The third-order valence-corrected chi connectivity index (χ3v) is 5.05. The van der Waals surface area contributed by atoms with Crippen LogP contribution in [0.1, 0.15) is 22.3 Å². The second kappa shape index (κ2) is 12.7. The molecule has 2 unspecified atom stereocenters. The summed E-state index contributed by atoms with van der Waals surface area (Å²) in [7, 11) is 1.64. The van der Waals surface area contributed by atoms with Crippen molar-refractivity contribution in [3.05, 3.63) is 60.7 Å². The third kappa shape index (κ3) is 7.74. The molecular formula is C20H28O5S. The first kappa shape index (κ1) is 22.4. The second-order valence-corrected chi connectivity index (χ2v) is 7.11. The zero-order valence-electron chi connectivity index (χ0n) is 15.4. The van der Waals surface area contributed by atoms with Gasteiger partial charge in [0, 0.05) is 18.8 Å². The number of esters is 1. The van der Waals surface area contributed by atoms with E-state index in [-0.39, 0.29) is 29.4 Å². The van der Waals surface area contributed by atoms with Crippen LogP contribution >= 0.6 is 11.8 Å². The minimum Gasteiger partial charge on any atom is -0.455 e. The molecule has 2 rings (SSSR count). The highest BCUT2D eigenvalue weighted by atomic mass is 32.2. The fraction of sp³-hybridized carbons (Fsp3) is 0.450. The molecule has 0 bridgehead atoms. The van der Waals surface area contributed by atoms with Crippen molar-refractivity contribution in [2.75, 3.05) is 26.9 Å². The van der Waals surface area contributed by atoms with Crippen molar-refractivity contribution in [3.63, 3.8) is 0 Å². The molecule has 1 aromatic carbocycles. The molecular weight excluding hydrogens is 352 g/mol. The lowest BCUT2D eigenvalue weighted by Gasteiger charge is -2.17. The van der Waals surface area contributed by atoms with Crippen molar-refractivity contribution in [1.29, 1.82) is 0 Å². The largest absolute Gasteiger partial charge is 0.455 e. The van der Waals surface area contributed by atoms with Gasteiger partial charge in [-0.25, -0.2) is 4.79 Å². The van der Waals surface area contributed by atoms with E-state index in [1.54, 1.807) is 37.1 Å². The van der Waals surface area contributed by atoms with Gasteiger partial charge in [-0.15, -0.1) is 24.9 Å². The normalized spacial score (nSPS) is 21.4. The summed E-state index contributed by atoms with van der Waals surface area (Å²) in [6.45, 7) is 10.1. The van der Waals surface area contributed by atoms with Gasteiger partial charge in [-0.2, -0.15) is 0 Å². The van der Waals surface area contributed by atoms with E-state index >= 15 is 0 Å². The number of aryl methyl sites for hydroxylation is 1. The Labute approximate surface area is 160 Å². The third-order valence-electron chi connectivity index (χ3n) is 3.57. The van der Waals surface area contributed by atoms with Crippen LogP contribution in [-0.2, 0) is 14.2 Å². The van der Waals surface area contributed by atoms with Crippen molar-refractivity contribution in [2.24, 2.45) is 0 Å². The monoisotopic (exact) mass is 380 g/mol. The molecule has 1 fully saturated rings. The first-order chi connectivity index (χ1) is 12.5. The highest BCUT2D eigenvalue weighted by Gasteiger charge is 2.38. The van der Waals surface area contributed by atoms with Crippen LogP contribution in [0, 0.1) is 6.92 Å². The number of methoxy groups -OCH3 is 1. The molecule has 0 spiro atoms. The molecule has 0 amide bonds. The quantitative estimate of drug-likeness (QED) is 0.424. The predicted molar refractivity (Wildman–Crippen MR) is 105 cm³/mol. The van der Waals surface area contributed by atoms with Crippen LogP contribution in [0.25, 0.3) is 0 Å². The summed E-state index contributed by atoms with van der Waals surface area (Å²) in [4.78, 5) is 12.2. The van der Waals surface area contributed by atoms with Crippen molar-refractivity contribution < 1.29 is 24.1 Å². The number of hydrogen-bond acceptors (Lipinski definition) is 6. The SMILES string of the molecule is C=CCO.C=CCOC[C@@H]1CC(OC(=O)c2ccc(C)cc2)C(OC)S1. The van der Waals surface area contributed by atoms with Gasteiger partial charge in [0.15, 0.2) is 0 Å². The van der Waals surface area contributed by atoms with Crippen LogP contribution < -0.4 is 0 Å². The number of carbonyl (C=O) groups excluding carboxylic acids is 1. The van der Waals surface area contributed by atoms with Gasteiger partial charge in [-0.05, 0) is 19.1 Å². The minimum atomic E-state index is -0.305. The number of ether oxygens (including phenoxy) is 3. The van der Waals surface area contributed by atoms with Gasteiger partial charge in [0.25, 0.3) is 0 Å². The van der Waals surface area contributed by atoms with Crippen molar-refractivity contribution in [1.82, 2.24) is 0 Å². The van der Waals surface area contributed by atoms with Gasteiger partial charge >= 0.3 is 5.97 Å². The van der Waals surface area contributed by atoms with Crippen LogP contribution in [0.2, 0.25) is 0 Å². The topological polar surface area (TPSA) is 65.0 Å². The summed E-state index contributed by atoms with van der Waals surface area (Å²) in [5, 5.41) is 8.02. The van der Waals surface area contributed by atoms with E-state index in [0.29, 0.717) is 18.8 Å². The van der Waals surface area contributed by atoms with E-state index < -0.39 is 0 Å². The van der Waals surface area contributed by atoms with E-state index in [1.165, 1.54) is 6.08 Å². The van der Waals surface area contributed by atoms with Gasteiger partial charge in [0.05, 0.1) is 25.4 Å². The van der Waals surface area contributed by atoms with Gasteiger partial charge in [-0.1, -0.05) is 29.8 Å². The number of thioether (sulfide) groups is 1. The maximum absolute atomic E-state index is 12.2. The molecule has 1 aliphatic heterocycles. The molecule has 3 atom stereocenters. The van der Waals surface area contributed by atoms with Crippen LogP contribution in [0.15, 0.2) is 49.6 Å². The molecule has 1 saturated heterocycles. The molecule has 26 heavy (non-hydrogen) atoms. The predicted octanol–water partition coefficient (Wildman–Crippen LogP) is 3.37. The van der Waals surface area contributed by atoms with Gasteiger partial charge in [0.2, 0.25) is 0 Å². The van der Waals surface area contributed by atoms with Gasteiger partial charge in [0.1, 0.15) is 11.5 Å². The Morgan fingerprint density at radius 3 is 2.50 bits per heavy atom. The number of aliphatic hydroxyl groups is 1. The summed E-state index contributed by atoms with van der Waals surface area (Å²) in [5.74, 6) is -0.305. The number of rotatable bonds is 8. The lowest BCUT2D eigenvalue weighted by atomic mass is 10.1. The summed E-state index contributed by atoms with van der Waals surface area (Å²) in [6.07, 6.45) is 3.64. The Balaban J connectivity index is 0.000000765. The smallest absolute Gasteiger partial charge is 0.338 e. The maximum Gasteiger partial charge on any atom is 0.338 e. The Morgan fingerprint density at radius 1 is 1.31 bits per heavy atom. The number of carbonyl (C=O) groups is 1. The zero-order valence-corrected chi connectivity index (χ0v) is 16.2. The Hall–Kier alpha value is -1.60. The van der Waals surface area contributed by atoms with E-state index in [1.807, 2.05) is 19.1 Å². The zero-order chi connectivity index (χ0) is 19.4. The Morgan fingerprint density at radius 2 is 1.96 bits per heavy atom. The molecule has 1 heterocycles. The highest BCUT2D eigenvalue weighted by Crippen LogP contribution is 2.36. The molecule has 0 radical (unpaired) electrons. The fourth-order valence-electron chi connectivity index (χ4n) is 2.30. The van der Waals surface area contributed by atoms with Crippen LogP contribution in [0.5, 0.6) is 0 Å². The average molecular weight is 381 g/mol. The van der Waals surface area contributed by atoms with E-state index in [2.05, 4.69) is 13.2 Å². The van der Waals surface area contributed by atoms with Crippen LogP contribution in [0.4, 0.5) is 0 Å². The summed E-state index contributed by atoms with van der Waals surface area (Å²) >= 11 is 1.65. The molecule has 0 aliphatic carbocycles. The Kier molecular flexibility index (Phi) is 11.0. The van der Waals surface area contributed by atoms with Crippen molar-refractivity contribution in [2.45, 2.75) is 30.1 Å². The van der Waals surface area contributed by atoms with E-state index in [0.717, 1.165) is 12.0 Å². The lowest BCUT2D eigenvalue weighted by molar-refractivity contribution is -0.00326. The number of hydrogen-bond donors (Lipinski definition) is 1. The minimum absolute atomic E-state index is 0.0833. The summed E-state index contributed by atoms with van der Waals surface area (Å²) < 4.78 is 16.5. The molecule has 6 heteroatoms. The van der Waals surface area contributed by atoms with E-state index in [4.69, 9.17) is 19.3 Å². The van der Waals surface area contributed by atoms with Crippen molar-refractivity contribution in [3.8, 4) is 0 Å². The summed E-state index contributed by atoms with van der Waals surface area (Å²) in [5.41, 5.74) is 1.53. The van der Waals surface area contributed by atoms with Crippen LogP contribution in [0.3, 0.4) is 0 Å². The number of benzene rings is 1. The molecule has 5 nitrogen and oxygen atoms in total. The molecule has 1 aromatic rings.